The highest BCUT2D eigenvalue weighted by Crippen LogP contribution is 2.28. The fraction of sp³-hybridized carbons (Fsp3) is 0.562. The molecule has 3 heteroatoms. The molecule has 2 rings (SSSR count). The van der Waals surface area contributed by atoms with Crippen LogP contribution in [-0.4, -0.2) is 30.6 Å². The predicted molar refractivity (Wildman–Crippen MR) is 76.0 cm³/mol. The summed E-state index contributed by atoms with van der Waals surface area (Å²) in [5, 5.41) is 0. The molecule has 0 saturated heterocycles. The Hall–Kier alpha value is -1.35. The van der Waals surface area contributed by atoms with E-state index in [-0.39, 0.29) is 5.97 Å². The Bertz CT molecular complexity index is 421. The molecule has 3 nitrogen and oxygen atoms in total. The van der Waals surface area contributed by atoms with Gasteiger partial charge in [0.25, 0.3) is 0 Å². The Kier molecular flexibility index (Phi) is 4.59. The van der Waals surface area contributed by atoms with Crippen molar-refractivity contribution in [2.45, 2.75) is 45.2 Å². The fourth-order valence-corrected chi connectivity index (χ4v) is 2.23. The van der Waals surface area contributed by atoms with E-state index in [4.69, 9.17) is 4.74 Å². The summed E-state index contributed by atoms with van der Waals surface area (Å²) < 4.78 is 4.77. The standard InChI is InChI=1S/C16H23NO2/c1-12(2)14-6-4-13(5-7-14)10-17(15-8-9-15)11-16(18)19-3/h4-7,12,15H,8-11H2,1-3H3. The zero-order valence-electron chi connectivity index (χ0n) is 12.1. The van der Waals surface area contributed by atoms with Crippen LogP contribution < -0.4 is 0 Å². The molecule has 0 atom stereocenters. The van der Waals surface area contributed by atoms with Crippen molar-refractivity contribution in [3.8, 4) is 0 Å². The number of hydrogen-bond donors (Lipinski definition) is 0. The van der Waals surface area contributed by atoms with Gasteiger partial charge >= 0.3 is 5.97 Å². The van der Waals surface area contributed by atoms with Crippen LogP contribution in [0.25, 0.3) is 0 Å². The summed E-state index contributed by atoms with van der Waals surface area (Å²) in [6.45, 7) is 5.62. The molecule has 0 N–H and O–H groups in total. The summed E-state index contributed by atoms with van der Waals surface area (Å²) in [7, 11) is 1.45. The minimum Gasteiger partial charge on any atom is -0.468 e. The molecule has 0 heterocycles. The molecular formula is C16H23NO2. The van der Waals surface area contributed by atoms with Crippen LogP contribution in [0.2, 0.25) is 0 Å². The number of carbonyl (C=O) groups is 1. The van der Waals surface area contributed by atoms with Crippen molar-refractivity contribution in [3.05, 3.63) is 35.4 Å². The van der Waals surface area contributed by atoms with Gasteiger partial charge in [0.1, 0.15) is 0 Å². The van der Waals surface area contributed by atoms with Crippen LogP contribution in [0.3, 0.4) is 0 Å². The first kappa shape index (κ1) is 14.1. The minimum atomic E-state index is -0.147. The minimum absolute atomic E-state index is 0.147. The third-order valence-corrected chi connectivity index (χ3v) is 3.66. The van der Waals surface area contributed by atoms with Gasteiger partial charge in [-0.3, -0.25) is 9.69 Å². The van der Waals surface area contributed by atoms with Gasteiger partial charge in [0, 0.05) is 12.6 Å². The average molecular weight is 261 g/mol. The van der Waals surface area contributed by atoms with Gasteiger partial charge in [0.05, 0.1) is 13.7 Å². The van der Waals surface area contributed by atoms with Crippen molar-refractivity contribution in [2.24, 2.45) is 0 Å². The predicted octanol–water partition coefficient (Wildman–Crippen LogP) is 2.95. The molecule has 1 aliphatic rings. The fourth-order valence-electron chi connectivity index (χ4n) is 2.23. The molecule has 0 amide bonds. The lowest BCUT2D eigenvalue weighted by molar-refractivity contribution is -0.142. The molecular weight excluding hydrogens is 238 g/mol. The number of rotatable bonds is 6. The van der Waals surface area contributed by atoms with E-state index in [1.807, 2.05) is 0 Å². The Labute approximate surface area is 115 Å². The first-order valence-corrected chi connectivity index (χ1v) is 7.00. The summed E-state index contributed by atoms with van der Waals surface area (Å²) in [6, 6.07) is 9.26. The number of nitrogens with zero attached hydrogens (tertiary/aromatic N) is 1. The van der Waals surface area contributed by atoms with Crippen LogP contribution in [0.1, 0.15) is 43.7 Å². The summed E-state index contributed by atoms with van der Waals surface area (Å²) in [5.74, 6) is 0.411. The van der Waals surface area contributed by atoms with E-state index in [1.165, 1.54) is 31.1 Å². The normalized spacial score (nSPS) is 15.0. The van der Waals surface area contributed by atoms with E-state index in [1.54, 1.807) is 0 Å². The number of benzene rings is 1. The third-order valence-electron chi connectivity index (χ3n) is 3.66. The summed E-state index contributed by atoms with van der Waals surface area (Å²) in [6.07, 6.45) is 2.39. The van der Waals surface area contributed by atoms with Crippen LogP contribution in [0.15, 0.2) is 24.3 Å². The maximum Gasteiger partial charge on any atom is 0.319 e. The topological polar surface area (TPSA) is 29.5 Å². The van der Waals surface area contributed by atoms with Gasteiger partial charge in [-0.15, -0.1) is 0 Å². The highest BCUT2D eigenvalue weighted by atomic mass is 16.5. The molecule has 19 heavy (non-hydrogen) atoms. The number of carbonyl (C=O) groups excluding carboxylic acids is 1. The van der Waals surface area contributed by atoms with Gasteiger partial charge in [-0.25, -0.2) is 0 Å². The van der Waals surface area contributed by atoms with Gasteiger partial charge in [-0.05, 0) is 29.9 Å². The van der Waals surface area contributed by atoms with E-state index < -0.39 is 0 Å². The van der Waals surface area contributed by atoms with E-state index >= 15 is 0 Å². The summed E-state index contributed by atoms with van der Waals surface area (Å²) in [4.78, 5) is 13.6. The number of methoxy groups -OCH3 is 1. The molecule has 0 radical (unpaired) electrons. The molecule has 1 aromatic rings. The zero-order chi connectivity index (χ0) is 13.8. The highest BCUT2D eigenvalue weighted by Gasteiger charge is 2.30. The molecule has 104 valence electrons. The van der Waals surface area contributed by atoms with Crippen molar-refractivity contribution >= 4 is 5.97 Å². The van der Waals surface area contributed by atoms with E-state index in [9.17, 15) is 4.79 Å². The SMILES string of the molecule is COC(=O)CN(Cc1ccc(C(C)C)cc1)C1CC1. The number of ether oxygens (including phenoxy) is 1. The van der Waals surface area contributed by atoms with Gasteiger partial charge in [-0.2, -0.15) is 0 Å². The van der Waals surface area contributed by atoms with Gasteiger partial charge in [-0.1, -0.05) is 38.1 Å². The Balaban J connectivity index is 1.98. The van der Waals surface area contributed by atoms with Crippen molar-refractivity contribution in [1.82, 2.24) is 4.90 Å². The summed E-state index contributed by atoms with van der Waals surface area (Å²) >= 11 is 0. The van der Waals surface area contributed by atoms with Gasteiger partial charge in [0.2, 0.25) is 0 Å². The molecule has 1 aromatic carbocycles. The van der Waals surface area contributed by atoms with Crippen molar-refractivity contribution in [1.29, 1.82) is 0 Å². The van der Waals surface area contributed by atoms with Crippen LogP contribution in [0.4, 0.5) is 0 Å². The average Bonchev–Trinajstić information content (AvgIpc) is 3.22. The first-order chi connectivity index (χ1) is 9.10. The van der Waals surface area contributed by atoms with Crippen LogP contribution in [-0.2, 0) is 16.1 Å². The second-order valence-corrected chi connectivity index (χ2v) is 5.61. The second-order valence-electron chi connectivity index (χ2n) is 5.61. The molecule has 1 aliphatic carbocycles. The molecule has 0 aliphatic heterocycles. The van der Waals surface area contributed by atoms with Gasteiger partial charge in [0.15, 0.2) is 0 Å². The number of esters is 1. The van der Waals surface area contributed by atoms with Crippen LogP contribution in [0, 0.1) is 0 Å². The Morgan fingerprint density at radius 2 is 1.95 bits per heavy atom. The van der Waals surface area contributed by atoms with Crippen molar-refractivity contribution in [2.75, 3.05) is 13.7 Å². The quantitative estimate of drug-likeness (QED) is 0.737. The monoisotopic (exact) mass is 261 g/mol. The maximum absolute atomic E-state index is 11.4. The summed E-state index contributed by atoms with van der Waals surface area (Å²) in [5.41, 5.74) is 2.62. The maximum atomic E-state index is 11.4. The van der Waals surface area contributed by atoms with E-state index in [2.05, 4.69) is 43.0 Å². The molecule has 1 fully saturated rings. The number of hydrogen-bond acceptors (Lipinski definition) is 3. The van der Waals surface area contributed by atoms with E-state index in [0.29, 0.717) is 18.5 Å². The first-order valence-electron chi connectivity index (χ1n) is 7.00. The smallest absolute Gasteiger partial charge is 0.319 e. The molecule has 0 aromatic heterocycles. The van der Waals surface area contributed by atoms with Crippen LogP contribution >= 0.6 is 0 Å². The van der Waals surface area contributed by atoms with Crippen LogP contribution in [0.5, 0.6) is 0 Å². The lowest BCUT2D eigenvalue weighted by Crippen LogP contribution is -2.32. The highest BCUT2D eigenvalue weighted by molar-refractivity contribution is 5.71. The Morgan fingerprint density at radius 1 is 1.32 bits per heavy atom. The largest absolute Gasteiger partial charge is 0.468 e. The third kappa shape index (κ3) is 4.06. The van der Waals surface area contributed by atoms with Gasteiger partial charge < -0.3 is 4.74 Å². The zero-order valence-corrected chi connectivity index (χ0v) is 12.1. The molecule has 0 bridgehead atoms. The van der Waals surface area contributed by atoms with Crippen molar-refractivity contribution < 1.29 is 9.53 Å². The molecule has 1 saturated carbocycles. The second kappa shape index (κ2) is 6.20. The Morgan fingerprint density at radius 3 is 2.42 bits per heavy atom. The van der Waals surface area contributed by atoms with Crippen molar-refractivity contribution in [3.63, 3.8) is 0 Å². The molecule has 0 unspecified atom stereocenters. The lowest BCUT2D eigenvalue weighted by atomic mass is 10.0. The van der Waals surface area contributed by atoms with E-state index in [0.717, 1.165) is 6.54 Å². The lowest BCUT2D eigenvalue weighted by Gasteiger charge is -2.20. The molecule has 0 spiro atoms.